The maximum Gasteiger partial charge on any atom is 0.0582 e. The molecule has 2 nitrogen and oxygen atoms in total. The molecule has 2 atom stereocenters. The number of aliphatic hydroxyl groups excluding tert-OH is 1. The van der Waals surface area contributed by atoms with Gasteiger partial charge in [-0.15, -0.1) is 0 Å². The van der Waals surface area contributed by atoms with Crippen LogP contribution in [-0.4, -0.2) is 23.8 Å². The Balaban J connectivity index is 1.86. The molecule has 1 unspecified atom stereocenters. The van der Waals surface area contributed by atoms with E-state index in [1.165, 1.54) is 44.9 Å². The van der Waals surface area contributed by atoms with E-state index in [0.29, 0.717) is 6.04 Å². The van der Waals surface area contributed by atoms with Gasteiger partial charge in [-0.25, -0.2) is 0 Å². The Labute approximate surface area is 93.5 Å². The van der Waals surface area contributed by atoms with E-state index < -0.39 is 0 Å². The van der Waals surface area contributed by atoms with Crippen molar-refractivity contribution in [1.82, 2.24) is 5.32 Å². The van der Waals surface area contributed by atoms with Crippen LogP contribution in [0, 0.1) is 11.8 Å². The van der Waals surface area contributed by atoms with Gasteiger partial charge in [0.05, 0.1) is 6.61 Å². The highest BCUT2D eigenvalue weighted by atomic mass is 16.3. The fourth-order valence-electron chi connectivity index (χ4n) is 2.99. The van der Waals surface area contributed by atoms with Crippen molar-refractivity contribution < 1.29 is 5.11 Å². The summed E-state index contributed by atoms with van der Waals surface area (Å²) in [7, 11) is 0. The molecule has 0 heterocycles. The van der Waals surface area contributed by atoms with Crippen molar-refractivity contribution in [3.63, 3.8) is 0 Å². The number of nitrogens with one attached hydrogen (secondary N) is 1. The number of hydrogen-bond acceptors (Lipinski definition) is 2. The highest BCUT2D eigenvalue weighted by Gasteiger charge is 2.37. The summed E-state index contributed by atoms with van der Waals surface area (Å²) in [5.74, 6) is 1.81. The van der Waals surface area contributed by atoms with Crippen molar-refractivity contribution in [2.24, 2.45) is 11.8 Å². The zero-order chi connectivity index (χ0) is 10.7. The van der Waals surface area contributed by atoms with Crippen LogP contribution in [0.15, 0.2) is 0 Å². The van der Waals surface area contributed by atoms with Crippen molar-refractivity contribution in [3.8, 4) is 0 Å². The molecule has 2 N–H and O–H groups in total. The van der Waals surface area contributed by atoms with Crippen molar-refractivity contribution in [2.45, 2.75) is 64.0 Å². The van der Waals surface area contributed by atoms with E-state index in [4.69, 9.17) is 5.11 Å². The fourth-order valence-corrected chi connectivity index (χ4v) is 2.99. The minimum Gasteiger partial charge on any atom is -0.395 e. The van der Waals surface area contributed by atoms with Gasteiger partial charge in [-0.2, -0.15) is 0 Å². The van der Waals surface area contributed by atoms with Crippen LogP contribution in [0.2, 0.25) is 0 Å². The second kappa shape index (κ2) is 5.31. The Morgan fingerprint density at radius 3 is 2.20 bits per heavy atom. The fraction of sp³-hybridized carbons (Fsp3) is 1.00. The summed E-state index contributed by atoms with van der Waals surface area (Å²) in [6.45, 7) is 2.37. The van der Waals surface area contributed by atoms with Gasteiger partial charge in [-0.1, -0.05) is 19.3 Å². The van der Waals surface area contributed by atoms with Crippen LogP contribution in [0.5, 0.6) is 0 Å². The Hall–Kier alpha value is -0.0800. The van der Waals surface area contributed by atoms with Crippen LogP contribution in [0.4, 0.5) is 0 Å². The Morgan fingerprint density at radius 1 is 1.07 bits per heavy atom. The van der Waals surface area contributed by atoms with E-state index in [9.17, 15) is 0 Å². The van der Waals surface area contributed by atoms with Crippen LogP contribution in [0.25, 0.3) is 0 Å². The standard InChI is InChI=1S/C13H25NO/c1-10(9-15)14-13(12-7-8-12)11-5-3-2-4-6-11/h10-15H,2-9H2,1H3/t10-,13?/m0/s1. The molecule has 15 heavy (non-hydrogen) atoms. The van der Waals surface area contributed by atoms with Crippen LogP contribution in [-0.2, 0) is 0 Å². The maximum atomic E-state index is 9.12. The van der Waals surface area contributed by atoms with Gasteiger partial charge < -0.3 is 10.4 Å². The smallest absolute Gasteiger partial charge is 0.0582 e. The summed E-state index contributed by atoms with van der Waals surface area (Å²) in [6, 6.07) is 0.977. The molecule has 0 aromatic heterocycles. The van der Waals surface area contributed by atoms with E-state index in [1.54, 1.807) is 0 Å². The van der Waals surface area contributed by atoms with E-state index >= 15 is 0 Å². The molecule has 0 saturated heterocycles. The lowest BCUT2D eigenvalue weighted by Crippen LogP contribution is -2.45. The Kier molecular flexibility index (Phi) is 4.04. The predicted octanol–water partition coefficient (Wildman–Crippen LogP) is 2.32. The molecule has 2 fully saturated rings. The number of rotatable bonds is 5. The van der Waals surface area contributed by atoms with E-state index in [2.05, 4.69) is 12.2 Å². The summed E-state index contributed by atoms with van der Waals surface area (Å²) < 4.78 is 0. The summed E-state index contributed by atoms with van der Waals surface area (Å²) in [5, 5.41) is 12.8. The van der Waals surface area contributed by atoms with Gasteiger partial charge in [0.15, 0.2) is 0 Å². The quantitative estimate of drug-likeness (QED) is 0.731. The molecule has 0 bridgehead atoms. The second-order valence-electron chi connectivity index (χ2n) is 5.51. The molecule has 0 aliphatic heterocycles. The molecular weight excluding hydrogens is 186 g/mol. The first-order chi connectivity index (χ1) is 7.31. The van der Waals surface area contributed by atoms with Crippen LogP contribution < -0.4 is 5.32 Å². The van der Waals surface area contributed by atoms with Gasteiger partial charge in [-0.3, -0.25) is 0 Å². The first-order valence-electron chi connectivity index (χ1n) is 6.68. The minimum absolute atomic E-state index is 0.274. The molecule has 0 aromatic carbocycles. The molecule has 0 amide bonds. The molecule has 0 radical (unpaired) electrons. The monoisotopic (exact) mass is 211 g/mol. The van der Waals surface area contributed by atoms with Gasteiger partial charge in [0.2, 0.25) is 0 Å². The zero-order valence-electron chi connectivity index (χ0n) is 9.91. The number of hydrogen-bond donors (Lipinski definition) is 2. The molecule has 88 valence electrons. The topological polar surface area (TPSA) is 32.3 Å². The second-order valence-corrected chi connectivity index (χ2v) is 5.51. The van der Waals surface area contributed by atoms with Crippen molar-refractivity contribution in [2.75, 3.05) is 6.61 Å². The molecule has 2 saturated carbocycles. The first-order valence-corrected chi connectivity index (χ1v) is 6.68. The summed E-state index contributed by atoms with van der Waals surface area (Å²) in [4.78, 5) is 0. The lowest BCUT2D eigenvalue weighted by Gasteiger charge is -2.33. The van der Waals surface area contributed by atoms with Crippen LogP contribution in [0.3, 0.4) is 0 Å². The third-order valence-electron chi connectivity index (χ3n) is 4.04. The van der Waals surface area contributed by atoms with Crippen molar-refractivity contribution >= 4 is 0 Å². The van der Waals surface area contributed by atoms with Crippen molar-refractivity contribution in [3.05, 3.63) is 0 Å². The number of aliphatic hydroxyl groups is 1. The average molecular weight is 211 g/mol. The van der Waals surface area contributed by atoms with Gasteiger partial charge in [0.1, 0.15) is 0 Å². The molecule has 2 heteroatoms. The van der Waals surface area contributed by atoms with Gasteiger partial charge in [0.25, 0.3) is 0 Å². The largest absolute Gasteiger partial charge is 0.395 e. The zero-order valence-corrected chi connectivity index (χ0v) is 9.91. The van der Waals surface area contributed by atoms with Crippen LogP contribution in [0.1, 0.15) is 51.9 Å². The van der Waals surface area contributed by atoms with E-state index in [-0.39, 0.29) is 12.6 Å². The normalized spacial score (nSPS) is 27.6. The van der Waals surface area contributed by atoms with E-state index in [0.717, 1.165) is 11.8 Å². The Bertz CT molecular complexity index is 185. The highest BCUT2D eigenvalue weighted by molar-refractivity contribution is 4.92. The molecule has 2 aliphatic rings. The predicted molar refractivity (Wildman–Crippen MR) is 62.8 cm³/mol. The SMILES string of the molecule is C[C@@H](CO)NC(C1CCCCC1)C1CC1. The first kappa shape index (κ1) is 11.4. The van der Waals surface area contributed by atoms with Crippen molar-refractivity contribution in [1.29, 1.82) is 0 Å². The molecule has 0 aromatic rings. The summed E-state index contributed by atoms with van der Waals surface area (Å²) in [6.07, 6.45) is 9.91. The summed E-state index contributed by atoms with van der Waals surface area (Å²) in [5.41, 5.74) is 0. The highest BCUT2D eigenvalue weighted by Crippen LogP contribution is 2.40. The summed E-state index contributed by atoms with van der Waals surface area (Å²) >= 11 is 0. The lowest BCUT2D eigenvalue weighted by atomic mass is 9.81. The molecule has 2 rings (SSSR count). The molecular formula is C13H25NO. The minimum atomic E-state index is 0.274. The maximum absolute atomic E-state index is 9.12. The van der Waals surface area contributed by atoms with Crippen LogP contribution >= 0.6 is 0 Å². The lowest BCUT2D eigenvalue weighted by molar-refractivity contribution is 0.192. The van der Waals surface area contributed by atoms with E-state index in [1.807, 2.05) is 0 Å². The van der Waals surface area contributed by atoms with Gasteiger partial charge in [-0.05, 0) is 44.4 Å². The molecule has 2 aliphatic carbocycles. The third kappa shape index (κ3) is 3.18. The van der Waals surface area contributed by atoms with Gasteiger partial charge in [0, 0.05) is 12.1 Å². The Morgan fingerprint density at radius 2 is 1.67 bits per heavy atom. The third-order valence-corrected chi connectivity index (χ3v) is 4.04. The molecule has 0 spiro atoms. The van der Waals surface area contributed by atoms with Gasteiger partial charge >= 0.3 is 0 Å². The average Bonchev–Trinajstić information content (AvgIpc) is 3.10.